The largest absolute Gasteiger partial charge is 0.478 e. The number of carbonyl (C=O) groups is 2. The summed E-state index contributed by atoms with van der Waals surface area (Å²) < 4.78 is 41.0. The highest BCUT2D eigenvalue weighted by atomic mass is 32.2. The van der Waals surface area contributed by atoms with Crippen molar-refractivity contribution in [3.05, 3.63) is 70.6 Å². The lowest BCUT2D eigenvalue weighted by Gasteiger charge is -2.30. The molecule has 1 fully saturated rings. The maximum atomic E-state index is 14.5. The van der Waals surface area contributed by atoms with Gasteiger partial charge >= 0.3 is 5.97 Å². The molecule has 1 N–H and O–H groups in total. The number of amides is 1. The lowest BCUT2D eigenvalue weighted by molar-refractivity contribution is 0.0693. The molecule has 2 aliphatic heterocycles. The van der Waals surface area contributed by atoms with E-state index in [9.17, 15) is 27.5 Å². The Morgan fingerprint density at radius 2 is 1.86 bits per heavy atom. The second kappa shape index (κ2) is 9.63. The van der Waals surface area contributed by atoms with Gasteiger partial charge in [-0.1, -0.05) is 5.21 Å². The zero-order chi connectivity index (χ0) is 26.3. The van der Waals surface area contributed by atoms with Crippen LogP contribution in [0.5, 0.6) is 0 Å². The van der Waals surface area contributed by atoms with E-state index in [0.29, 0.717) is 37.2 Å². The van der Waals surface area contributed by atoms with Crippen LogP contribution in [0.25, 0.3) is 5.69 Å². The second-order valence-electron chi connectivity index (χ2n) is 9.29. The van der Waals surface area contributed by atoms with Crippen LogP contribution in [0.15, 0.2) is 36.8 Å². The number of piperidine rings is 1. The molecular formula is C24H25FN6O5S. The molecule has 37 heavy (non-hydrogen) atoms. The molecule has 0 bridgehead atoms. The van der Waals surface area contributed by atoms with Gasteiger partial charge in [0, 0.05) is 43.9 Å². The fraction of sp³-hybridized carbons (Fsp3) is 0.375. The molecule has 0 atom stereocenters. The number of sulfonamides is 1. The third kappa shape index (κ3) is 4.96. The first kappa shape index (κ1) is 25.0. The van der Waals surface area contributed by atoms with Crippen LogP contribution in [-0.2, 0) is 23.0 Å². The number of carbonyl (C=O) groups excluding carboxylic acids is 1. The molecule has 5 rings (SSSR count). The molecule has 0 unspecified atom stereocenters. The van der Waals surface area contributed by atoms with Crippen molar-refractivity contribution in [3.63, 3.8) is 0 Å². The lowest BCUT2D eigenvalue weighted by Crippen LogP contribution is -2.37. The van der Waals surface area contributed by atoms with E-state index in [-0.39, 0.29) is 48.0 Å². The third-order valence-electron chi connectivity index (χ3n) is 6.96. The van der Waals surface area contributed by atoms with Gasteiger partial charge in [-0.05, 0) is 43.0 Å². The summed E-state index contributed by atoms with van der Waals surface area (Å²) in [5, 5.41) is 17.8. The summed E-state index contributed by atoms with van der Waals surface area (Å²) in [4.78, 5) is 30.4. The Kier molecular flexibility index (Phi) is 6.50. The van der Waals surface area contributed by atoms with Crippen LogP contribution in [0.3, 0.4) is 0 Å². The van der Waals surface area contributed by atoms with Gasteiger partial charge in [0.1, 0.15) is 5.82 Å². The second-order valence-corrected chi connectivity index (χ2v) is 11.3. The van der Waals surface area contributed by atoms with E-state index in [2.05, 4.69) is 15.3 Å². The van der Waals surface area contributed by atoms with Gasteiger partial charge in [0.05, 0.1) is 41.2 Å². The standard InChI is InChI=1S/C24H25FN6O5S/c1-37(35,36)30-8-4-15(5-9-30)22-14-31(28-27-22)17-10-16(11-26-12-17)23(32)29-7-6-18-19(24(33)34)2-3-21(25)20(18)13-29/h2-3,10-12,14-15H,4-9,13H2,1H3,(H,33,34). The van der Waals surface area contributed by atoms with Crippen molar-refractivity contribution in [2.45, 2.75) is 31.7 Å². The van der Waals surface area contributed by atoms with E-state index < -0.39 is 21.8 Å². The monoisotopic (exact) mass is 528 g/mol. The molecule has 1 saturated heterocycles. The molecule has 13 heteroatoms. The number of carboxylic acid groups (broad SMARTS) is 1. The van der Waals surface area contributed by atoms with Gasteiger partial charge in [-0.3, -0.25) is 9.78 Å². The molecule has 4 heterocycles. The number of hydrogen-bond donors (Lipinski definition) is 1. The normalized spacial score (nSPS) is 17.0. The van der Waals surface area contributed by atoms with E-state index in [4.69, 9.17) is 0 Å². The van der Waals surface area contributed by atoms with Gasteiger partial charge in [0.15, 0.2) is 0 Å². The van der Waals surface area contributed by atoms with E-state index in [0.717, 1.165) is 11.8 Å². The molecule has 1 amide bonds. The van der Waals surface area contributed by atoms with Crippen molar-refractivity contribution in [1.29, 1.82) is 0 Å². The average Bonchev–Trinajstić information content (AvgIpc) is 3.38. The fourth-order valence-electron chi connectivity index (χ4n) is 4.94. The highest BCUT2D eigenvalue weighted by Gasteiger charge is 2.29. The van der Waals surface area contributed by atoms with Crippen LogP contribution in [0.1, 0.15) is 56.3 Å². The van der Waals surface area contributed by atoms with Crippen molar-refractivity contribution in [1.82, 2.24) is 29.2 Å². The number of rotatable bonds is 5. The van der Waals surface area contributed by atoms with Crippen LogP contribution in [0.4, 0.5) is 4.39 Å². The zero-order valence-corrected chi connectivity index (χ0v) is 20.9. The molecule has 0 saturated carbocycles. The maximum Gasteiger partial charge on any atom is 0.335 e. The molecule has 3 aromatic rings. The minimum Gasteiger partial charge on any atom is -0.478 e. The first-order chi connectivity index (χ1) is 17.6. The summed E-state index contributed by atoms with van der Waals surface area (Å²) in [6, 6.07) is 3.99. The van der Waals surface area contributed by atoms with E-state index in [1.54, 1.807) is 18.5 Å². The maximum absolute atomic E-state index is 14.5. The summed E-state index contributed by atoms with van der Waals surface area (Å²) >= 11 is 0. The Hall–Kier alpha value is -3.71. The molecule has 11 nitrogen and oxygen atoms in total. The quantitative estimate of drug-likeness (QED) is 0.529. The Morgan fingerprint density at radius 3 is 2.57 bits per heavy atom. The van der Waals surface area contributed by atoms with Crippen molar-refractivity contribution >= 4 is 21.9 Å². The minimum absolute atomic E-state index is 0.0367. The van der Waals surface area contributed by atoms with Crippen molar-refractivity contribution in [2.75, 3.05) is 25.9 Å². The van der Waals surface area contributed by atoms with Crippen molar-refractivity contribution in [3.8, 4) is 5.69 Å². The topological polar surface area (TPSA) is 139 Å². The summed E-state index contributed by atoms with van der Waals surface area (Å²) in [7, 11) is -3.22. The van der Waals surface area contributed by atoms with Crippen molar-refractivity contribution < 1.29 is 27.5 Å². The zero-order valence-electron chi connectivity index (χ0n) is 20.0. The van der Waals surface area contributed by atoms with Gasteiger partial charge in [-0.15, -0.1) is 5.10 Å². The van der Waals surface area contributed by atoms with E-state index >= 15 is 0 Å². The Balaban J connectivity index is 1.32. The summed E-state index contributed by atoms with van der Waals surface area (Å²) in [6.45, 7) is 1.06. The number of pyridine rings is 1. The first-order valence-corrected chi connectivity index (χ1v) is 13.6. The van der Waals surface area contributed by atoms with Gasteiger partial charge in [0.2, 0.25) is 10.0 Å². The van der Waals surface area contributed by atoms with E-state index in [1.807, 2.05) is 0 Å². The number of hydrogen-bond acceptors (Lipinski definition) is 7. The molecular weight excluding hydrogens is 503 g/mol. The summed E-state index contributed by atoms with van der Waals surface area (Å²) in [6.07, 6.45) is 7.44. The van der Waals surface area contributed by atoms with Crippen LogP contribution in [0, 0.1) is 5.82 Å². The minimum atomic E-state index is -3.22. The molecule has 0 spiro atoms. The Bertz CT molecular complexity index is 1480. The van der Waals surface area contributed by atoms with Gasteiger partial charge in [0.25, 0.3) is 5.91 Å². The molecule has 0 aliphatic carbocycles. The number of fused-ring (bicyclic) bond motifs is 1. The molecule has 0 radical (unpaired) electrons. The highest BCUT2D eigenvalue weighted by molar-refractivity contribution is 7.88. The predicted molar refractivity (Wildman–Crippen MR) is 129 cm³/mol. The van der Waals surface area contributed by atoms with Gasteiger partial charge in [-0.2, -0.15) is 0 Å². The number of aromatic nitrogens is 4. The van der Waals surface area contributed by atoms with Crippen LogP contribution in [-0.4, -0.2) is 80.5 Å². The summed E-state index contributed by atoms with van der Waals surface area (Å²) in [5.74, 6) is -1.94. The molecule has 194 valence electrons. The van der Waals surface area contributed by atoms with Crippen LogP contribution in [0.2, 0.25) is 0 Å². The van der Waals surface area contributed by atoms with Crippen LogP contribution < -0.4 is 0 Å². The van der Waals surface area contributed by atoms with Crippen LogP contribution >= 0.6 is 0 Å². The lowest BCUT2D eigenvalue weighted by atomic mass is 9.93. The first-order valence-electron chi connectivity index (χ1n) is 11.8. The SMILES string of the molecule is CS(=O)(=O)N1CCC(c2cn(-c3cncc(C(=O)N4CCc5c(C(=O)O)ccc(F)c5C4)c3)nn2)CC1. The third-order valence-corrected chi connectivity index (χ3v) is 8.26. The molecule has 2 aromatic heterocycles. The van der Waals surface area contributed by atoms with Gasteiger partial charge in [-0.25, -0.2) is 26.6 Å². The number of aromatic carboxylic acids is 1. The Labute approximate surface area is 212 Å². The Morgan fingerprint density at radius 1 is 1.11 bits per heavy atom. The van der Waals surface area contributed by atoms with Gasteiger partial charge < -0.3 is 10.0 Å². The highest BCUT2D eigenvalue weighted by Crippen LogP contribution is 2.29. The average molecular weight is 529 g/mol. The summed E-state index contributed by atoms with van der Waals surface area (Å²) in [5.41, 5.74) is 2.23. The number of halogens is 1. The smallest absolute Gasteiger partial charge is 0.335 e. The predicted octanol–water partition coefficient (Wildman–Crippen LogP) is 1.84. The number of nitrogens with zero attached hydrogens (tertiary/aromatic N) is 6. The van der Waals surface area contributed by atoms with E-state index in [1.165, 1.54) is 32.4 Å². The molecule has 2 aliphatic rings. The molecule has 1 aromatic carbocycles. The fourth-order valence-corrected chi connectivity index (χ4v) is 5.81. The number of benzene rings is 1. The van der Waals surface area contributed by atoms with Crippen molar-refractivity contribution in [2.24, 2.45) is 0 Å². The number of carboxylic acids is 1.